The molecule has 4 nitrogen and oxygen atoms in total. The van der Waals surface area contributed by atoms with Crippen LogP contribution >= 0.6 is 16.1 Å². The topological polar surface area (TPSA) is 80.3 Å². The predicted octanol–water partition coefficient (Wildman–Crippen LogP) is -3.85. The van der Waals surface area contributed by atoms with E-state index in [-0.39, 0.29) is 59.1 Å². The smallest absolute Gasteiger partial charge is 0.798 e. The minimum absolute atomic E-state index is 0. The van der Waals surface area contributed by atoms with E-state index in [2.05, 4.69) is 0 Å². The first-order chi connectivity index (χ1) is 11.1. The molecular weight excluding hydrogens is 388 g/mol. The average Bonchev–Trinajstić information content (AvgIpc) is 2.50. The van der Waals surface area contributed by atoms with Crippen molar-refractivity contribution in [2.45, 2.75) is 41.5 Å². The molecule has 0 fully saturated rings. The Morgan fingerprint density at radius 2 is 0.846 bits per heavy atom. The average molecular weight is 412 g/mol. The van der Waals surface area contributed by atoms with Gasteiger partial charge < -0.3 is 18.9 Å². The SMILES string of the molecule is Cc1ccc([PH](=O)[O-])c(C)c1C.Cc1ccc([PH](=O)[O-])c(C)c1C.[Na+].[Na+]. The summed E-state index contributed by atoms with van der Waals surface area (Å²) in [6.45, 7) is 11.5. The first-order valence-corrected chi connectivity index (χ1v) is 10.3. The zero-order valence-electron chi connectivity index (χ0n) is 16.9. The summed E-state index contributed by atoms with van der Waals surface area (Å²) in [6, 6.07) is 7.04. The third kappa shape index (κ3) is 7.68. The zero-order chi connectivity index (χ0) is 18.6. The summed E-state index contributed by atoms with van der Waals surface area (Å²) in [5.41, 5.74) is 6.19. The van der Waals surface area contributed by atoms with Gasteiger partial charge >= 0.3 is 59.1 Å². The second-order valence-electron chi connectivity index (χ2n) is 5.93. The normalized spacial score (nSPS) is 12.0. The van der Waals surface area contributed by atoms with E-state index in [1.165, 1.54) is 0 Å². The molecule has 132 valence electrons. The molecule has 0 aliphatic heterocycles. The first kappa shape index (κ1) is 29.0. The number of benzene rings is 2. The van der Waals surface area contributed by atoms with E-state index >= 15 is 0 Å². The minimum atomic E-state index is -2.78. The van der Waals surface area contributed by atoms with Crippen molar-refractivity contribution < 1.29 is 78.0 Å². The van der Waals surface area contributed by atoms with E-state index in [0.717, 1.165) is 33.4 Å². The Morgan fingerprint density at radius 1 is 0.577 bits per heavy atom. The summed E-state index contributed by atoms with van der Waals surface area (Å²) in [5.74, 6) is 0. The summed E-state index contributed by atoms with van der Waals surface area (Å²) in [7, 11) is -5.56. The minimum Gasteiger partial charge on any atom is -0.798 e. The van der Waals surface area contributed by atoms with E-state index in [1.54, 1.807) is 12.1 Å². The summed E-state index contributed by atoms with van der Waals surface area (Å²) in [6.07, 6.45) is 0. The summed E-state index contributed by atoms with van der Waals surface area (Å²) in [5, 5.41) is 0.950. The second-order valence-corrected chi connectivity index (χ2v) is 8.16. The summed E-state index contributed by atoms with van der Waals surface area (Å²) in [4.78, 5) is 21.5. The summed E-state index contributed by atoms with van der Waals surface area (Å²) < 4.78 is 21.5. The van der Waals surface area contributed by atoms with E-state index in [9.17, 15) is 18.9 Å². The van der Waals surface area contributed by atoms with Crippen LogP contribution in [-0.2, 0) is 9.13 Å². The molecule has 0 aliphatic rings. The van der Waals surface area contributed by atoms with Crippen LogP contribution in [0.1, 0.15) is 33.4 Å². The van der Waals surface area contributed by atoms with Crippen molar-refractivity contribution in [2.24, 2.45) is 0 Å². The van der Waals surface area contributed by atoms with Crippen molar-refractivity contribution in [1.29, 1.82) is 0 Å². The molecule has 0 heterocycles. The van der Waals surface area contributed by atoms with Crippen molar-refractivity contribution in [3.05, 3.63) is 57.6 Å². The van der Waals surface area contributed by atoms with Crippen molar-refractivity contribution in [2.75, 3.05) is 0 Å². The Kier molecular flexibility index (Phi) is 14.6. The number of hydrogen-bond acceptors (Lipinski definition) is 4. The zero-order valence-corrected chi connectivity index (χ0v) is 22.9. The van der Waals surface area contributed by atoms with E-state index in [1.807, 2.05) is 53.7 Å². The largest absolute Gasteiger partial charge is 1.00 e. The van der Waals surface area contributed by atoms with E-state index in [0.29, 0.717) is 10.6 Å². The van der Waals surface area contributed by atoms with Crippen LogP contribution in [0.3, 0.4) is 0 Å². The van der Waals surface area contributed by atoms with Gasteiger partial charge in [0.25, 0.3) is 0 Å². The van der Waals surface area contributed by atoms with Gasteiger partial charge in [0.15, 0.2) is 0 Å². The van der Waals surface area contributed by atoms with Crippen LogP contribution in [0.25, 0.3) is 0 Å². The van der Waals surface area contributed by atoms with Crippen molar-refractivity contribution >= 4 is 26.7 Å². The van der Waals surface area contributed by atoms with Crippen LogP contribution in [0, 0.1) is 41.5 Å². The molecule has 2 aromatic carbocycles. The van der Waals surface area contributed by atoms with Crippen LogP contribution in [0.4, 0.5) is 0 Å². The molecule has 0 spiro atoms. The van der Waals surface area contributed by atoms with Crippen molar-refractivity contribution in [3.63, 3.8) is 0 Å². The molecule has 0 N–H and O–H groups in total. The van der Waals surface area contributed by atoms with Gasteiger partial charge in [-0.25, -0.2) is 0 Å². The third-order valence-electron chi connectivity index (χ3n) is 4.56. The van der Waals surface area contributed by atoms with Gasteiger partial charge in [-0.15, -0.1) is 0 Å². The molecular formula is C18H24Na2O4P2. The molecule has 0 bridgehead atoms. The van der Waals surface area contributed by atoms with E-state index in [4.69, 9.17) is 0 Å². The van der Waals surface area contributed by atoms with Crippen molar-refractivity contribution in [3.8, 4) is 0 Å². The van der Waals surface area contributed by atoms with Crippen LogP contribution in [-0.4, -0.2) is 0 Å². The van der Waals surface area contributed by atoms with Crippen molar-refractivity contribution in [1.82, 2.24) is 0 Å². The molecule has 0 amide bonds. The maximum Gasteiger partial charge on any atom is 1.00 e. The quantitative estimate of drug-likeness (QED) is 0.374. The molecule has 2 unspecified atom stereocenters. The Labute approximate surface area is 202 Å². The molecule has 8 heteroatoms. The number of hydrogen-bond donors (Lipinski definition) is 0. The fraction of sp³-hybridized carbons (Fsp3) is 0.333. The predicted molar refractivity (Wildman–Crippen MR) is 98.6 cm³/mol. The second kappa shape index (κ2) is 13.1. The maximum atomic E-state index is 10.8. The third-order valence-corrected chi connectivity index (χ3v) is 6.52. The van der Waals surface area contributed by atoms with Gasteiger partial charge in [0.1, 0.15) is 0 Å². The van der Waals surface area contributed by atoms with Gasteiger partial charge in [0, 0.05) is 16.1 Å². The summed E-state index contributed by atoms with van der Waals surface area (Å²) >= 11 is 0. The fourth-order valence-electron chi connectivity index (χ4n) is 2.35. The van der Waals surface area contributed by atoms with Gasteiger partial charge in [-0.2, -0.15) is 0 Å². The molecule has 26 heavy (non-hydrogen) atoms. The molecule has 2 rings (SSSR count). The number of aryl methyl sites for hydroxylation is 2. The maximum absolute atomic E-state index is 10.8. The Bertz CT molecular complexity index is 741. The fourth-order valence-corrected chi connectivity index (χ4v) is 3.78. The van der Waals surface area contributed by atoms with Gasteiger partial charge in [-0.1, -0.05) is 24.3 Å². The van der Waals surface area contributed by atoms with Gasteiger partial charge in [0.2, 0.25) is 0 Å². The Morgan fingerprint density at radius 3 is 1.08 bits per heavy atom. The molecule has 0 radical (unpaired) electrons. The standard InChI is InChI=1S/2C9H13O2P.2Na/c2*1-6-4-5-9(12(10)11)8(3)7(6)2;;/h2*4-5,12H,1-3H3,(H,10,11);;/q;;2*+1/p-2. The van der Waals surface area contributed by atoms with Crippen LogP contribution < -0.4 is 79.5 Å². The molecule has 0 saturated carbocycles. The number of rotatable bonds is 2. The van der Waals surface area contributed by atoms with Gasteiger partial charge in [-0.05, 0) is 85.5 Å². The molecule has 2 aromatic rings. The Hall–Kier alpha value is 0.820. The molecule has 0 aromatic heterocycles. The van der Waals surface area contributed by atoms with E-state index < -0.39 is 16.1 Å². The monoisotopic (exact) mass is 412 g/mol. The molecule has 0 aliphatic carbocycles. The van der Waals surface area contributed by atoms with Crippen LogP contribution in [0.2, 0.25) is 0 Å². The van der Waals surface area contributed by atoms with Gasteiger partial charge in [-0.3, -0.25) is 0 Å². The first-order valence-electron chi connectivity index (χ1n) is 7.64. The molecule has 0 saturated heterocycles. The van der Waals surface area contributed by atoms with Crippen LogP contribution in [0.15, 0.2) is 24.3 Å². The van der Waals surface area contributed by atoms with Gasteiger partial charge in [0.05, 0.1) is 0 Å². The molecule has 2 atom stereocenters. The van der Waals surface area contributed by atoms with Crippen LogP contribution in [0.5, 0.6) is 0 Å². The Balaban J connectivity index is 0.